The van der Waals surface area contributed by atoms with Crippen LogP contribution in [0, 0.1) is 17.2 Å². The minimum Gasteiger partial charge on any atom is -0.464 e. The Labute approximate surface area is 194 Å². The van der Waals surface area contributed by atoms with E-state index in [4.69, 9.17) is 14.5 Å². The number of carbonyl (C=O) groups excluding carboxylic acids is 1. The summed E-state index contributed by atoms with van der Waals surface area (Å²) in [7, 11) is 0. The normalized spacial score (nSPS) is 16.4. The summed E-state index contributed by atoms with van der Waals surface area (Å²) in [6.45, 7) is 7.90. The number of fused-ring (bicyclic) bond motifs is 1. The maximum atomic E-state index is 12.5. The number of imidazole rings is 1. The highest BCUT2D eigenvalue weighted by atomic mass is 16.6. The molecule has 1 fully saturated rings. The van der Waals surface area contributed by atoms with E-state index in [9.17, 15) is 10.1 Å². The third kappa shape index (κ3) is 5.46. The van der Waals surface area contributed by atoms with Gasteiger partial charge in [-0.2, -0.15) is 10.2 Å². The Morgan fingerprint density at radius 1 is 1.18 bits per heavy atom. The summed E-state index contributed by atoms with van der Waals surface area (Å²) < 4.78 is 13.8. The zero-order valence-electron chi connectivity index (χ0n) is 19.5. The molecule has 1 amide bonds. The fourth-order valence-corrected chi connectivity index (χ4v) is 4.14. The second kappa shape index (κ2) is 9.53. The highest BCUT2D eigenvalue weighted by Gasteiger charge is 2.28. The molecule has 172 valence electrons. The summed E-state index contributed by atoms with van der Waals surface area (Å²) in [5.41, 5.74) is 2.86. The molecule has 2 aromatic carbocycles. The zero-order chi connectivity index (χ0) is 23.4. The van der Waals surface area contributed by atoms with E-state index in [-0.39, 0.29) is 12.0 Å². The number of rotatable bonds is 5. The maximum absolute atomic E-state index is 12.5. The lowest BCUT2D eigenvalue weighted by Gasteiger charge is -2.33. The van der Waals surface area contributed by atoms with Crippen LogP contribution in [0.15, 0.2) is 48.5 Å². The molecule has 3 aromatic rings. The van der Waals surface area contributed by atoms with Gasteiger partial charge in [0.15, 0.2) is 0 Å². The molecule has 0 saturated carbocycles. The van der Waals surface area contributed by atoms with Crippen LogP contribution < -0.4 is 4.74 Å². The zero-order valence-corrected chi connectivity index (χ0v) is 19.5. The molecule has 1 saturated heterocycles. The first kappa shape index (κ1) is 22.7. The molecule has 0 unspecified atom stereocenters. The lowest BCUT2D eigenvalue weighted by atomic mass is 9.99. The third-order valence-electron chi connectivity index (χ3n) is 5.70. The van der Waals surface area contributed by atoms with E-state index >= 15 is 0 Å². The van der Waals surface area contributed by atoms with Gasteiger partial charge in [-0.3, -0.25) is 4.57 Å². The lowest BCUT2D eigenvalue weighted by molar-refractivity contribution is 0.0136. The van der Waals surface area contributed by atoms with Gasteiger partial charge in [-0.05, 0) is 57.4 Å². The fourth-order valence-electron chi connectivity index (χ4n) is 4.14. The second-order valence-electron chi connectivity index (χ2n) is 9.48. The van der Waals surface area contributed by atoms with Gasteiger partial charge in [-0.1, -0.05) is 30.3 Å². The van der Waals surface area contributed by atoms with Crippen molar-refractivity contribution in [2.75, 3.05) is 19.7 Å². The number of hydrogen-bond donors (Lipinski definition) is 0. The molecule has 2 heterocycles. The van der Waals surface area contributed by atoms with E-state index in [0.29, 0.717) is 37.8 Å². The van der Waals surface area contributed by atoms with E-state index in [2.05, 4.69) is 6.07 Å². The predicted octanol–water partition coefficient (Wildman–Crippen LogP) is 4.98. The minimum absolute atomic E-state index is 0.200. The van der Waals surface area contributed by atoms with Gasteiger partial charge in [0, 0.05) is 19.0 Å². The summed E-state index contributed by atoms with van der Waals surface area (Å²) in [5, 5.41) is 9.49. The van der Waals surface area contributed by atoms with Crippen molar-refractivity contribution in [2.24, 2.45) is 5.92 Å². The lowest BCUT2D eigenvalue weighted by Crippen LogP contribution is -2.44. The Kier molecular flexibility index (Phi) is 6.55. The molecular weight excluding hydrogens is 416 g/mol. The van der Waals surface area contributed by atoms with E-state index in [0.717, 1.165) is 29.4 Å². The number of likely N-dealkylation sites (tertiary alicyclic amines) is 1. The van der Waals surface area contributed by atoms with Crippen LogP contribution in [0.5, 0.6) is 6.01 Å². The van der Waals surface area contributed by atoms with Crippen molar-refractivity contribution in [1.29, 1.82) is 5.26 Å². The van der Waals surface area contributed by atoms with Crippen LogP contribution in [-0.2, 0) is 11.3 Å². The predicted molar refractivity (Wildman–Crippen MR) is 126 cm³/mol. The van der Waals surface area contributed by atoms with Gasteiger partial charge in [0.05, 0.1) is 35.8 Å². The molecule has 1 aliphatic rings. The van der Waals surface area contributed by atoms with Crippen molar-refractivity contribution in [3.8, 4) is 12.1 Å². The van der Waals surface area contributed by atoms with Gasteiger partial charge in [-0.15, -0.1) is 0 Å². The summed E-state index contributed by atoms with van der Waals surface area (Å²) in [4.78, 5) is 19.0. The SMILES string of the molecule is CC(C)(C)OC(=O)N1CCC[C@H](COc2nc3ccccc3n2Cc2ccccc2C#N)C1. The number of para-hydroxylation sites is 2. The molecule has 1 atom stereocenters. The second-order valence-corrected chi connectivity index (χ2v) is 9.48. The van der Waals surface area contributed by atoms with Crippen molar-refractivity contribution < 1.29 is 14.3 Å². The maximum Gasteiger partial charge on any atom is 0.410 e. The first-order chi connectivity index (χ1) is 15.8. The topological polar surface area (TPSA) is 80.4 Å². The largest absolute Gasteiger partial charge is 0.464 e. The van der Waals surface area contributed by atoms with Crippen LogP contribution in [-0.4, -0.2) is 45.8 Å². The smallest absolute Gasteiger partial charge is 0.410 e. The number of aromatic nitrogens is 2. The van der Waals surface area contributed by atoms with Crippen LogP contribution in [0.3, 0.4) is 0 Å². The number of piperidine rings is 1. The van der Waals surface area contributed by atoms with Crippen LogP contribution in [0.1, 0.15) is 44.7 Å². The monoisotopic (exact) mass is 446 g/mol. The quantitative estimate of drug-likeness (QED) is 0.552. The Hall–Kier alpha value is -3.53. The van der Waals surface area contributed by atoms with Gasteiger partial charge in [0.1, 0.15) is 5.60 Å². The highest BCUT2D eigenvalue weighted by molar-refractivity contribution is 5.76. The van der Waals surface area contributed by atoms with E-state index < -0.39 is 5.60 Å². The van der Waals surface area contributed by atoms with Gasteiger partial charge in [0.25, 0.3) is 6.01 Å². The number of nitrogens with zero attached hydrogens (tertiary/aromatic N) is 4. The molecular formula is C26H30N4O3. The third-order valence-corrected chi connectivity index (χ3v) is 5.70. The van der Waals surface area contributed by atoms with Crippen molar-refractivity contribution >= 4 is 17.1 Å². The van der Waals surface area contributed by atoms with Crippen LogP contribution in [0.2, 0.25) is 0 Å². The van der Waals surface area contributed by atoms with Crippen molar-refractivity contribution in [3.05, 3.63) is 59.7 Å². The molecule has 33 heavy (non-hydrogen) atoms. The van der Waals surface area contributed by atoms with E-state index in [1.807, 2.05) is 73.9 Å². The molecule has 1 aliphatic heterocycles. The van der Waals surface area contributed by atoms with E-state index in [1.54, 1.807) is 4.90 Å². The van der Waals surface area contributed by atoms with Gasteiger partial charge in [-0.25, -0.2) is 4.79 Å². The summed E-state index contributed by atoms with van der Waals surface area (Å²) in [6.07, 6.45) is 1.63. The first-order valence-corrected chi connectivity index (χ1v) is 11.4. The highest BCUT2D eigenvalue weighted by Crippen LogP contribution is 2.26. The van der Waals surface area contributed by atoms with Crippen LogP contribution >= 0.6 is 0 Å². The molecule has 4 rings (SSSR count). The number of benzene rings is 2. The number of hydrogen-bond acceptors (Lipinski definition) is 5. The van der Waals surface area contributed by atoms with E-state index in [1.165, 1.54) is 0 Å². The molecule has 0 radical (unpaired) electrons. The Balaban J connectivity index is 1.50. The van der Waals surface area contributed by atoms with Crippen LogP contribution in [0.25, 0.3) is 11.0 Å². The fraction of sp³-hybridized carbons (Fsp3) is 0.423. The van der Waals surface area contributed by atoms with Crippen molar-refractivity contribution in [2.45, 2.75) is 45.8 Å². The molecule has 0 aliphatic carbocycles. The van der Waals surface area contributed by atoms with Gasteiger partial charge < -0.3 is 14.4 Å². The number of ether oxygens (including phenoxy) is 2. The number of amides is 1. The first-order valence-electron chi connectivity index (χ1n) is 11.4. The van der Waals surface area contributed by atoms with Crippen LogP contribution in [0.4, 0.5) is 4.79 Å². The summed E-state index contributed by atoms with van der Waals surface area (Å²) >= 11 is 0. The average Bonchev–Trinajstić information content (AvgIpc) is 3.14. The van der Waals surface area contributed by atoms with Gasteiger partial charge in [0.2, 0.25) is 0 Å². The Morgan fingerprint density at radius 2 is 1.94 bits per heavy atom. The average molecular weight is 447 g/mol. The Bertz CT molecular complexity index is 1170. The standard InChI is InChI=1S/C26H30N4O3/c1-26(2,3)33-25(31)29-14-8-9-19(16-29)18-32-24-28-22-12-6-7-13-23(22)30(24)17-21-11-5-4-10-20(21)15-27/h4-7,10-13,19H,8-9,14,16-18H2,1-3H3/t19-/m0/s1. The van der Waals surface area contributed by atoms with Crippen molar-refractivity contribution in [1.82, 2.24) is 14.5 Å². The number of nitriles is 1. The molecule has 0 spiro atoms. The molecule has 0 N–H and O–H groups in total. The number of carbonyl (C=O) groups is 1. The molecule has 7 nitrogen and oxygen atoms in total. The summed E-state index contributed by atoms with van der Waals surface area (Å²) in [6, 6.07) is 18.3. The summed E-state index contributed by atoms with van der Waals surface area (Å²) in [5.74, 6) is 0.200. The molecule has 1 aromatic heterocycles. The van der Waals surface area contributed by atoms with Crippen molar-refractivity contribution in [3.63, 3.8) is 0 Å². The molecule has 0 bridgehead atoms. The molecule has 7 heteroatoms. The Morgan fingerprint density at radius 3 is 2.73 bits per heavy atom. The minimum atomic E-state index is -0.509. The van der Waals surface area contributed by atoms with Gasteiger partial charge >= 0.3 is 6.09 Å².